The van der Waals surface area contributed by atoms with Crippen molar-refractivity contribution in [2.45, 2.75) is 5.03 Å². The van der Waals surface area contributed by atoms with Crippen LogP contribution in [0.1, 0.15) is 20.7 Å². The molecule has 0 aliphatic rings. The number of carboxylic acid groups (broad SMARTS) is 1. The third-order valence-corrected chi connectivity index (χ3v) is 3.62. The SMILES string of the molecule is CSc1ncccc1C(=O)Nc1cc(Cl)ccc1C(=O)O. The molecule has 2 rings (SSSR count). The van der Waals surface area contributed by atoms with Crippen LogP contribution in [0.5, 0.6) is 0 Å². The second-order valence-corrected chi connectivity index (χ2v) is 5.24. The molecule has 1 heterocycles. The van der Waals surface area contributed by atoms with Crippen molar-refractivity contribution in [1.82, 2.24) is 4.98 Å². The Morgan fingerprint density at radius 2 is 2.05 bits per heavy atom. The van der Waals surface area contributed by atoms with Crippen molar-refractivity contribution in [3.8, 4) is 0 Å². The van der Waals surface area contributed by atoms with Crippen LogP contribution in [0.4, 0.5) is 5.69 Å². The number of halogens is 1. The second kappa shape index (κ2) is 6.60. The van der Waals surface area contributed by atoms with Gasteiger partial charge in [0, 0.05) is 11.2 Å². The molecule has 2 N–H and O–H groups in total. The standard InChI is InChI=1S/C14H11ClN2O3S/c1-21-13-10(3-2-6-16-13)12(18)17-11-7-8(15)4-5-9(11)14(19)20/h2-7H,1H3,(H,17,18)(H,19,20). The van der Waals surface area contributed by atoms with Crippen molar-refractivity contribution < 1.29 is 14.7 Å². The number of pyridine rings is 1. The van der Waals surface area contributed by atoms with E-state index >= 15 is 0 Å². The molecule has 7 heteroatoms. The predicted molar refractivity (Wildman–Crippen MR) is 82.4 cm³/mol. The molecule has 1 aromatic heterocycles. The summed E-state index contributed by atoms with van der Waals surface area (Å²) in [5.41, 5.74) is 0.500. The van der Waals surface area contributed by atoms with Crippen LogP contribution in [0.2, 0.25) is 5.02 Å². The average Bonchev–Trinajstić information content (AvgIpc) is 2.46. The van der Waals surface area contributed by atoms with Gasteiger partial charge in [-0.25, -0.2) is 9.78 Å². The molecule has 21 heavy (non-hydrogen) atoms. The highest BCUT2D eigenvalue weighted by molar-refractivity contribution is 7.98. The molecule has 0 unspecified atom stereocenters. The smallest absolute Gasteiger partial charge is 0.337 e. The molecule has 1 amide bonds. The van der Waals surface area contributed by atoms with E-state index in [9.17, 15) is 9.59 Å². The van der Waals surface area contributed by atoms with Gasteiger partial charge in [0.1, 0.15) is 5.03 Å². The molecule has 0 bridgehead atoms. The van der Waals surface area contributed by atoms with Crippen LogP contribution in [0.3, 0.4) is 0 Å². The summed E-state index contributed by atoms with van der Waals surface area (Å²) in [5, 5.41) is 12.6. The number of carboxylic acids is 1. The van der Waals surface area contributed by atoms with Gasteiger partial charge in [-0.1, -0.05) is 11.6 Å². The normalized spacial score (nSPS) is 10.2. The molecule has 0 saturated heterocycles. The first kappa shape index (κ1) is 15.3. The van der Waals surface area contributed by atoms with Crippen LogP contribution in [-0.4, -0.2) is 28.2 Å². The zero-order valence-electron chi connectivity index (χ0n) is 11.0. The number of benzene rings is 1. The number of carbonyl (C=O) groups excluding carboxylic acids is 1. The van der Waals surface area contributed by atoms with Crippen LogP contribution in [0.15, 0.2) is 41.6 Å². The van der Waals surface area contributed by atoms with Crippen LogP contribution in [-0.2, 0) is 0 Å². The summed E-state index contributed by atoms with van der Waals surface area (Å²) in [6.45, 7) is 0. The molecule has 5 nitrogen and oxygen atoms in total. The van der Waals surface area contributed by atoms with Gasteiger partial charge >= 0.3 is 5.97 Å². The minimum absolute atomic E-state index is 0.0256. The summed E-state index contributed by atoms with van der Waals surface area (Å²) in [4.78, 5) is 27.5. The van der Waals surface area contributed by atoms with E-state index in [1.54, 1.807) is 24.6 Å². The Hall–Kier alpha value is -2.05. The lowest BCUT2D eigenvalue weighted by Gasteiger charge is -2.10. The molecule has 0 fully saturated rings. The van der Waals surface area contributed by atoms with Gasteiger partial charge in [-0.05, 0) is 36.6 Å². The molecular weight excluding hydrogens is 312 g/mol. The third-order valence-electron chi connectivity index (χ3n) is 2.67. The Morgan fingerprint density at radius 1 is 1.29 bits per heavy atom. The van der Waals surface area contributed by atoms with E-state index in [4.69, 9.17) is 16.7 Å². The van der Waals surface area contributed by atoms with E-state index in [1.165, 1.54) is 30.0 Å². The first-order chi connectivity index (χ1) is 10.0. The molecule has 0 radical (unpaired) electrons. The number of aromatic nitrogens is 1. The summed E-state index contributed by atoms with van der Waals surface area (Å²) in [6, 6.07) is 7.47. The lowest BCUT2D eigenvalue weighted by molar-refractivity contribution is 0.0698. The fraction of sp³-hybridized carbons (Fsp3) is 0.0714. The number of nitrogens with one attached hydrogen (secondary N) is 1. The molecular formula is C14H11ClN2O3S. The fourth-order valence-electron chi connectivity index (χ4n) is 1.72. The van der Waals surface area contributed by atoms with E-state index in [0.717, 1.165) is 0 Å². The van der Waals surface area contributed by atoms with E-state index in [2.05, 4.69) is 10.3 Å². The fourth-order valence-corrected chi connectivity index (χ4v) is 2.44. The minimum atomic E-state index is -1.14. The summed E-state index contributed by atoms with van der Waals surface area (Å²) >= 11 is 7.18. The van der Waals surface area contributed by atoms with Crippen LogP contribution in [0.25, 0.3) is 0 Å². The zero-order valence-corrected chi connectivity index (χ0v) is 12.5. The Kier molecular flexibility index (Phi) is 4.82. The molecule has 108 valence electrons. The van der Waals surface area contributed by atoms with Crippen molar-refractivity contribution >= 4 is 40.9 Å². The highest BCUT2D eigenvalue weighted by Gasteiger charge is 2.16. The van der Waals surface area contributed by atoms with Crippen molar-refractivity contribution in [2.75, 3.05) is 11.6 Å². The highest BCUT2D eigenvalue weighted by Crippen LogP contribution is 2.23. The monoisotopic (exact) mass is 322 g/mol. The Morgan fingerprint density at radius 3 is 2.71 bits per heavy atom. The molecule has 0 spiro atoms. The summed E-state index contributed by atoms with van der Waals surface area (Å²) in [6.07, 6.45) is 3.39. The van der Waals surface area contributed by atoms with Gasteiger partial charge in [0.05, 0.1) is 16.8 Å². The number of carbonyl (C=O) groups is 2. The van der Waals surface area contributed by atoms with Crippen molar-refractivity contribution in [1.29, 1.82) is 0 Å². The quantitative estimate of drug-likeness (QED) is 0.843. The van der Waals surface area contributed by atoms with Gasteiger partial charge in [0.25, 0.3) is 5.91 Å². The van der Waals surface area contributed by atoms with Gasteiger partial charge in [-0.15, -0.1) is 11.8 Å². The first-order valence-electron chi connectivity index (χ1n) is 5.86. The molecule has 0 aliphatic carbocycles. The van der Waals surface area contributed by atoms with Gasteiger partial charge < -0.3 is 10.4 Å². The number of thioether (sulfide) groups is 1. The van der Waals surface area contributed by atoms with Gasteiger partial charge in [0.2, 0.25) is 0 Å². The number of rotatable bonds is 4. The maximum absolute atomic E-state index is 12.3. The van der Waals surface area contributed by atoms with Crippen LogP contribution >= 0.6 is 23.4 Å². The first-order valence-corrected chi connectivity index (χ1v) is 7.46. The predicted octanol–water partition coefficient (Wildman–Crippen LogP) is 3.41. The lowest BCUT2D eigenvalue weighted by Crippen LogP contribution is -2.16. The Bertz CT molecular complexity index is 706. The molecule has 2 aromatic rings. The number of nitrogens with zero attached hydrogens (tertiary/aromatic N) is 1. The van der Waals surface area contributed by atoms with Crippen molar-refractivity contribution in [3.63, 3.8) is 0 Å². The third kappa shape index (κ3) is 3.53. The minimum Gasteiger partial charge on any atom is -0.478 e. The summed E-state index contributed by atoms with van der Waals surface area (Å²) in [7, 11) is 0. The highest BCUT2D eigenvalue weighted by atomic mass is 35.5. The van der Waals surface area contributed by atoms with Gasteiger partial charge in [0.15, 0.2) is 0 Å². The number of anilines is 1. The molecule has 0 aliphatic heterocycles. The summed E-state index contributed by atoms with van der Waals surface area (Å²) < 4.78 is 0. The topological polar surface area (TPSA) is 79.3 Å². The maximum Gasteiger partial charge on any atom is 0.337 e. The number of aromatic carboxylic acids is 1. The number of hydrogen-bond acceptors (Lipinski definition) is 4. The van der Waals surface area contributed by atoms with E-state index in [-0.39, 0.29) is 11.3 Å². The molecule has 0 atom stereocenters. The van der Waals surface area contributed by atoms with E-state index in [1.807, 2.05) is 0 Å². The van der Waals surface area contributed by atoms with Crippen molar-refractivity contribution in [2.24, 2.45) is 0 Å². The Labute approximate surface area is 130 Å². The largest absolute Gasteiger partial charge is 0.478 e. The second-order valence-electron chi connectivity index (χ2n) is 4.01. The zero-order chi connectivity index (χ0) is 15.4. The molecule has 1 aromatic carbocycles. The average molecular weight is 323 g/mol. The number of hydrogen-bond donors (Lipinski definition) is 2. The van der Waals surface area contributed by atoms with Crippen LogP contribution in [0, 0.1) is 0 Å². The number of amides is 1. The maximum atomic E-state index is 12.3. The van der Waals surface area contributed by atoms with Crippen LogP contribution < -0.4 is 5.32 Å². The van der Waals surface area contributed by atoms with Gasteiger partial charge in [-0.3, -0.25) is 4.79 Å². The van der Waals surface area contributed by atoms with Crippen molar-refractivity contribution in [3.05, 3.63) is 52.7 Å². The summed E-state index contributed by atoms with van der Waals surface area (Å²) in [5.74, 6) is -1.57. The Balaban J connectivity index is 2.36. The molecule has 0 saturated carbocycles. The van der Waals surface area contributed by atoms with E-state index in [0.29, 0.717) is 15.6 Å². The van der Waals surface area contributed by atoms with Gasteiger partial charge in [-0.2, -0.15) is 0 Å². The van der Waals surface area contributed by atoms with E-state index < -0.39 is 11.9 Å². The lowest BCUT2D eigenvalue weighted by atomic mass is 10.1.